The maximum atomic E-state index is 12.8. The van der Waals surface area contributed by atoms with Gasteiger partial charge in [0.25, 0.3) is 0 Å². The Kier molecular flexibility index (Phi) is 27.1. The molecule has 0 aliphatic carbocycles. The van der Waals surface area contributed by atoms with E-state index in [2.05, 4.69) is 55.5 Å². The summed E-state index contributed by atoms with van der Waals surface area (Å²) < 4.78 is 33.0. The second-order valence-corrected chi connectivity index (χ2v) is 14.4. The quantitative estimate of drug-likeness (QED) is 0.0327. The van der Waals surface area contributed by atoms with Gasteiger partial charge in [0.1, 0.15) is 55.4 Å². The van der Waals surface area contributed by atoms with Crippen molar-refractivity contribution in [3.05, 3.63) is 48.6 Å². The SMILES string of the molecule is CC/C=C\C/C=C\C/C=C\C/C=C\CCCCCCCCC(=O)OC(COC(=O)CCCC)COC1OC(COC2OC(CO)C(O)C(O)C2O)C(O)C(O)C1O. The van der Waals surface area contributed by atoms with Crippen molar-refractivity contribution in [3.63, 3.8) is 0 Å². The highest BCUT2D eigenvalue weighted by Gasteiger charge is 2.47. The lowest BCUT2D eigenvalue weighted by atomic mass is 9.98. The number of aliphatic hydroxyl groups is 7. The zero-order valence-electron chi connectivity index (χ0n) is 33.8. The molecule has 0 aromatic heterocycles. The van der Waals surface area contributed by atoms with Crippen LogP contribution >= 0.6 is 0 Å². The molecule has 0 aromatic carbocycles. The summed E-state index contributed by atoms with van der Waals surface area (Å²) in [5.41, 5.74) is 0. The molecule has 2 saturated heterocycles. The average molecular weight is 815 g/mol. The smallest absolute Gasteiger partial charge is 0.306 e. The van der Waals surface area contributed by atoms with E-state index in [1.54, 1.807) is 0 Å². The van der Waals surface area contributed by atoms with Crippen molar-refractivity contribution in [2.45, 2.75) is 178 Å². The van der Waals surface area contributed by atoms with Gasteiger partial charge in [-0.3, -0.25) is 9.59 Å². The van der Waals surface area contributed by atoms with Crippen LogP contribution in [0.4, 0.5) is 0 Å². The van der Waals surface area contributed by atoms with Crippen molar-refractivity contribution in [2.24, 2.45) is 0 Å². The van der Waals surface area contributed by atoms with Crippen LogP contribution in [0.2, 0.25) is 0 Å². The summed E-state index contributed by atoms with van der Waals surface area (Å²) in [4.78, 5) is 25.0. The fourth-order valence-electron chi connectivity index (χ4n) is 6.07. The van der Waals surface area contributed by atoms with E-state index < -0.39 is 99.3 Å². The molecule has 2 rings (SSSR count). The van der Waals surface area contributed by atoms with Gasteiger partial charge in [-0.1, -0.05) is 94.6 Å². The van der Waals surface area contributed by atoms with Gasteiger partial charge < -0.3 is 64.2 Å². The Hall–Kier alpha value is -2.54. The van der Waals surface area contributed by atoms with E-state index >= 15 is 0 Å². The van der Waals surface area contributed by atoms with E-state index in [0.29, 0.717) is 12.8 Å². The maximum Gasteiger partial charge on any atom is 0.306 e. The number of esters is 2. The molecule has 11 atom stereocenters. The fourth-order valence-corrected chi connectivity index (χ4v) is 6.07. The summed E-state index contributed by atoms with van der Waals surface area (Å²) in [7, 11) is 0. The van der Waals surface area contributed by atoms with Crippen molar-refractivity contribution in [1.29, 1.82) is 0 Å². The first kappa shape index (κ1) is 50.6. The van der Waals surface area contributed by atoms with Gasteiger partial charge in [-0.2, -0.15) is 0 Å². The van der Waals surface area contributed by atoms with Gasteiger partial charge in [0, 0.05) is 12.8 Å². The number of carbonyl (C=O) groups is 2. The molecule has 2 aliphatic rings. The van der Waals surface area contributed by atoms with Crippen molar-refractivity contribution in [2.75, 3.05) is 26.4 Å². The Labute approximate surface area is 337 Å². The molecule has 0 spiro atoms. The molecule has 15 nitrogen and oxygen atoms in total. The number of unbranched alkanes of at least 4 members (excludes halogenated alkanes) is 7. The number of aliphatic hydroxyl groups excluding tert-OH is 7. The molecule has 0 saturated carbocycles. The van der Waals surface area contributed by atoms with Gasteiger partial charge in [-0.25, -0.2) is 0 Å². The minimum atomic E-state index is -1.76. The molecule has 0 aromatic rings. The minimum absolute atomic E-state index is 0.146. The third kappa shape index (κ3) is 20.3. The predicted molar refractivity (Wildman–Crippen MR) is 210 cm³/mol. The van der Waals surface area contributed by atoms with Crippen LogP contribution in [-0.2, 0) is 38.0 Å². The molecule has 7 N–H and O–H groups in total. The summed E-state index contributed by atoms with van der Waals surface area (Å²) >= 11 is 0. The van der Waals surface area contributed by atoms with Gasteiger partial charge in [0.2, 0.25) is 0 Å². The van der Waals surface area contributed by atoms with E-state index in [9.17, 15) is 45.3 Å². The fraction of sp³-hybridized carbons (Fsp3) is 0.762. The van der Waals surface area contributed by atoms with Gasteiger partial charge in [-0.15, -0.1) is 0 Å². The van der Waals surface area contributed by atoms with Crippen LogP contribution in [0.3, 0.4) is 0 Å². The first-order valence-corrected chi connectivity index (χ1v) is 20.7. The van der Waals surface area contributed by atoms with Crippen molar-refractivity contribution in [3.8, 4) is 0 Å². The highest BCUT2D eigenvalue weighted by Crippen LogP contribution is 2.26. The maximum absolute atomic E-state index is 12.8. The Balaban J connectivity index is 1.76. The van der Waals surface area contributed by atoms with Crippen molar-refractivity contribution >= 4 is 11.9 Å². The molecule has 0 amide bonds. The summed E-state index contributed by atoms with van der Waals surface area (Å²) in [6.45, 7) is 2.14. The van der Waals surface area contributed by atoms with Gasteiger partial charge >= 0.3 is 11.9 Å². The lowest BCUT2D eigenvalue weighted by Crippen LogP contribution is -2.61. The number of allylic oxidation sites excluding steroid dienone is 8. The van der Waals surface area contributed by atoms with Gasteiger partial charge in [-0.05, 0) is 51.4 Å². The van der Waals surface area contributed by atoms with E-state index in [0.717, 1.165) is 70.6 Å². The predicted octanol–water partition coefficient (Wildman–Crippen LogP) is 3.20. The third-order valence-corrected chi connectivity index (χ3v) is 9.57. The first-order chi connectivity index (χ1) is 27.5. The number of hydrogen-bond acceptors (Lipinski definition) is 15. The van der Waals surface area contributed by atoms with Crippen molar-refractivity contribution in [1.82, 2.24) is 0 Å². The van der Waals surface area contributed by atoms with Gasteiger partial charge in [0.05, 0.1) is 19.8 Å². The average Bonchev–Trinajstić information content (AvgIpc) is 3.20. The molecule has 15 heteroatoms. The number of rotatable bonds is 29. The Morgan fingerprint density at radius 1 is 0.579 bits per heavy atom. The van der Waals surface area contributed by atoms with Crippen LogP contribution in [0.15, 0.2) is 48.6 Å². The topological polar surface area (TPSA) is 231 Å². The summed E-state index contributed by atoms with van der Waals surface area (Å²) in [6.07, 6.45) is 13.0. The second kappa shape index (κ2) is 30.5. The minimum Gasteiger partial charge on any atom is -0.462 e. The highest BCUT2D eigenvalue weighted by molar-refractivity contribution is 5.70. The standard InChI is InChI=1S/C42H70O15/c1-3-5-7-8-9-10-11-12-13-14-15-16-17-18-19-20-21-22-23-25-34(45)55-30(27-52-33(44)24-6-4-2)28-53-41-40(51)38(49)36(47)32(57-41)29-54-42-39(50)37(48)35(46)31(26-43)56-42/h5,7,9-10,12-13,15-16,30-32,35-43,46-51H,3-4,6,8,11,14,17-29H2,1-2H3/b7-5-,10-9-,13-12-,16-15-. The zero-order chi connectivity index (χ0) is 41.8. The molecule has 0 radical (unpaired) electrons. The molecule has 0 bridgehead atoms. The van der Waals surface area contributed by atoms with E-state index in [-0.39, 0.29) is 19.4 Å². The molecule has 11 unspecified atom stereocenters. The van der Waals surface area contributed by atoms with E-state index in [4.69, 9.17) is 28.4 Å². The zero-order valence-corrected chi connectivity index (χ0v) is 33.8. The normalized spacial score (nSPS) is 28.9. The highest BCUT2D eigenvalue weighted by atomic mass is 16.7. The summed E-state index contributed by atoms with van der Waals surface area (Å²) in [5.74, 6) is -0.989. The molecular weight excluding hydrogens is 744 g/mol. The van der Waals surface area contributed by atoms with Crippen LogP contribution in [0.5, 0.6) is 0 Å². The molecule has 2 heterocycles. The number of ether oxygens (including phenoxy) is 6. The first-order valence-electron chi connectivity index (χ1n) is 20.7. The van der Waals surface area contributed by atoms with Gasteiger partial charge in [0.15, 0.2) is 18.7 Å². The molecule has 2 aliphatic heterocycles. The van der Waals surface area contributed by atoms with Crippen LogP contribution in [-0.4, -0.2) is 142 Å². The molecule has 328 valence electrons. The molecular formula is C42H70O15. The Bertz CT molecular complexity index is 1190. The monoisotopic (exact) mass is 814 g/mol. The Morgan fingerprint density at radius 3 is 1.72 bits per heavy atom. The number of hydrogen-bond donors (Lipinski definition) is 7. The summed E-state index contributed by atoms with van der Waals surface area (Å²) in [6, 6.07) is 0. The van der Waals surface area contributed by atoms with Crippen LogP contribution in [0, 0.1) is 0 Å². The Morgan fingerprint density at radius 2 is 1.11 bits per heavy atom. The lowest BCUT2D eigenvalue weighted by molar-refractivity contribution is -0.332. The number of carbonyl (C=O) groups excluding carboxylic acids is 2. The third-order valence-electron chi connectivity index (χ3n) is 9.57. The van der Waals surface area contributed by atoms with Crippen LogP contribution in [0.1, 0.15) is 110 Å². The van der Waals surface area contributed by atoms with Crippen molar-refractivity contribution < 1.29 is 73.8 Å². The molecule has 2 fully saturated rings. The lowest BCUT2D eigenvalue weighted by Gasteiger charge is -2.42. The second-order valence-electron chi connectivity index (χ2n) is 14.4. The van der Waals surface area contributed by atoms with E-state index in [1.807, 2.05) is 6.92 Å². The molecule has 57 heavy (non-hydrogen) atoms. The van der Waals surface area contributed by atoms with E-state index in [1.165, 1.54) is 0 Å². The van der Waals surface area contributed by atoms with Crippen LogP contribution < -0.4 is 0 Å². The largest absolute Gasteiger partial charge is 0.462 e. The summed E-state index contributed by atoms with van der Waals surface area (Å²) in [5, 5.41) is 71.4. The van der Waals surface area contributed by atoms with Crippen LogP contribution in [0.25, 0.3) is 0 Å².